The van der Waals surface area contributed by atoms with Gasteiger partial charge in [0.15, 0.2) is 0 Å². The van der Waals surface area contributed by atoms with Crippen LogP contribution in [0.1, 0.15) is 33.3 Å². The van der Waals surface area contributed by atoms with Gasteiger partial charge in [-0.2, -0.15) is 13.2 Å². The molecule has 0 unspecified atom stereocenters. The van der Waals surface area contributed by atoms with Crippen molar-refractivity contribution in [2.45, 2.75) is 50.3 Å². The van der Waals surface area contributed by atoms with Crippen LogP contribution >= 0.6 is 0 Å². The molecule has 144 valence electrons. The summed E-state index contributed by atoms with van der Waals surface area (Å²) in [6.07, 6.45) is -6.09. The molecule has 25 heavy (non-hydrogen) atoms. The van der Waals surface area contributed by atoms with E-state index in [4.69, 9.17) is 4.74 Å². The number of alkyl halides is 3. The van der Waals surface area contributed by atoms with Crippen LogP contribution in [0, 0.1) is 5.82 Å². The lowest BCUT2D eigenvalue weighted by Gasteiger charge is -2.39. The molecular formula is C16H23F4NO3S. The van der Waals surface area contributed by atoms with Crippen molar-refractivity contribution in [3.05, 3.63) is 35.6 Å². The van der Waals surface area contributed by atoms with Crippen LogP contribution in [0.4, 0.5) is 17.6 Å². The van der Waals surface area contributed by atoms with E-state index < -0.39 is 52.6 Å². The molecule has 0 aliphatic rings. The number of halogens is 4. The van der Waals surface area contributed by atoms with Gasteiger partial charge in [-0.05, 0) is 33.8 Å². The highest BCUT2D eigenvalue weighted by atomic mass is 32.2. The minimum Gasteiger partial charge on any atom is -0.394 e. The van der Waals surface area contributed by atoms with E-state index in [1.54, 1.807) is 20.8 Å². The minimum atomic E-state index is -4.62. The van der Waals surface area contributed by atoms with Gasteiger partial charge in [0.1, 0.15) is 18.5 Å². The number of nitrogens with one attached hydrogen (secondary N) is 1. The van der Waals surface area contributed by atoms with Crippen LogP contribution < -0.4 is 4.72 Å². The normalized spacial score (nSPS) is 17.8. The second-order valence-corrected chi connectivity index (χ2v) is 8.73. The lowest BCUT2D eigenvalue weighted by molar-refractivity contribution is -0.196. The number of aliphatic hydroxyl groups is 1. The van der Waals surface area contributed by atoms with Crippen molar-refractivity contribution in [3.63, 3.8) is 0 Å². The Labute approximate surface area is 147 Å². The Bertz CT molecular complexity index is 604. The summed E-state index contributed by atoms with van der Waals surface area (Å²) in [6.45, 7) is 3.88. The zero-order valence-corrected chi connectivity index (χ0v) is 15.3. The van der Waals surface area contributed by atoms with Gasteiger partial charge in [0.05, 0.1) is 27.9 Å². The number of rotatable bonds is 7. The van der Waals surface area contributed by atoms with Crippen molar-refractivity contribution in [2.75, 3.05) is 13.2 Å². The molecule has 0 amide bonds. The summed E-state index contributed by atoms with van der Waals surface area (Å²) >= 11 is 0. The first kappa shape index (κ1) is 22.0. The van der Waals surface area contributed by atoms with Gasteiger partial charge >= 0.3 is 6.18 Å². The summed E-state index contributed by atoms with van der Waals surface area (Å²) in [5, 5.41) is 9.57. The number of hydrogen-bond acceptors (Lipinski definition) is 3. The van der Waals surface area contributed by atoms with Crippen molar-refractivity contribution in [3.8, 4) is 0 Å². The Morgan fingerprint density at radius 1 is 1.20 bits per heavy atom. The Kier molecular flexibility index (Phi) is 7.14. The third-order valence-electron chi connectivity index (χ3n) is 3.55. The van der Waals surface area contributed by atoms with Crippen LogP contribution in [-0.2, 0) is 21.3 Å². The highest BCUT2D eigenvalue weighted by Gasteiger charge is 2.43. The number of ether oxygens (including phenoxy) is 1. The molecule has 0 heterocycles. The van der Waals surface area contributed by atoms with E-state index >= 15 is 0 Å². The maximum atomic E-state index is 14.3. The van der Waals surface area contributed by atoms with Gasteiger partial charge in [-0.1, -0.05) is 18.2 Å². The third-order valence-corrected chi connectivity index (χ3v) is 5.27. The van der Waals surface area contributed by atoms with Crippen molar-refractivity contribution < 1.29 is 31.6 Å². The molecule has 1 aromatic carbocycles. The second kappa shape index (κ2) is 8.11. The van der Waals surface area contributed by atoms with Crippen LogP contribution in [-0.4, -0.2) is 39.6 Å². The summed E-state index contributed by atoms with van der Waals surface area (Å²) in [5.41, 5.74) is -1.70. The fraction of sp³-hybridized carbons (Fsp3) is 0.625. The first-order valence-electron chi connectivity index (χ1n) is 7.55. The van der Waals surface area contributed by atoms with Gasteiger partial charge < -0.3 is 9.84 Å². The maximum absolute atomic E-state index is 14.3. The smallest absolute Gasteiger partial charge is 0.394 e. The topological polar surface area (TPSA) is 58.6 Å². The van der Waals surface area contributed by atoms with Gasteiger partial charge in [0, 0.05) is 5.56 Å². The Balaban J connectivity index is 3.30. The van der Waals surface area contributed by atoms with E-state index in [1.165, 1.54) is 25.1 Å². The largest absolute Gasteiger partial charge is 0.411 e. The molecule has 2 N–H and O–H groups in total. The van der Waals surface area contributed by atoms with E-state index in [1.807, 2.05) is 0 Å². The highest BCUT2D eigenvalue weighted by Crippen LogP contribution is 2.32. The summed E-state index contributed by atoms with van der Waals surface area (Å²) < 4.78 is 71.0. The van der Waals surface area contributed by atoms with Gasteiger partial charge in [-0.25, -0.2) is 13.3 Å². The predicted molar refractivity (Wildman–Crippen MR) is 87.7 cm³/mol. The zero-order chi connectivity index (χ0) is 19.5. The van der Waals surface area contributed by atoms with E-state index in [0.717, 1.165) is 6.07 Å². The van der Waals surface area contributed by atoms with Crippen molar-refractivity contribution in [1.29, 1.82) is 0 Å². The Hall–Kier alpha value is -1.03. The standard InChI is InChI=1S/C16H23F4NO3S/c1-14(2,3)25(23)21-15(4,11-7-5-6-8-12(11)17)13(9-22)24-10-16(18,19)20/h5-8,13,21-22H,9-10H2,1-4H3/t13-,15+,25+/m0/s1. The van der Waals surface area contributed by atoms with E-state index in [0.29, 0.717) is 0 Å². The summed E-state index contributed by atoms with van der Waals surface area (Å²) in [4.78, 5) is 0. The molecule has 9 heteroatoms. The molecule has 0 aromatic heterocycles. The SMILES string of the molecule is CC(C)(C)[S@@](=O)N[C@](C)(c1ccccc1F)[C@H](CO)OCC(F)(F)F. The Morgan fingerprint density at radius 2 is 1.76 bits per heavy atom. The molecular weight excluding hydrogens is 362 g/mol. The van der Waals surface area contributed by atoms with Crippen molar-refractivity contribution >= 4 is 11.0 Å². The van der Waals surface area contributed by atoms with Crippen LogP contribution in [0.3, 0.4) is 0 Å². The molecule has 0 fully saturated rings. The number of benzene rings is 1. The summed E-state index contributed by atoms with van der Waals surface area (Å²) in [7, 11) is -1.75. The zero-order valence-electron chi connectivity index (χ0n) is 14.5. The fourth-order valence-electron chi connectivity index (χ4n) is 2.12. The summed E-state index contributed by atoms with van der Waals surface area (Å²) in [6, 6.07) is 5.40. The molecule has 0 saturated carbocycles. The second-order valence-electron chi connectivity index (χ2n) is 6.76. The van der Waals surface area contributed by atoms with Crippen LogP contribution in [0.25, 0.3) is 0 Å². The molecule has 1 rings (SSSR count). The van der Waals surface area contributed by atoms with Crippen LogP contribution in [0.15, 0.2) is 24.3 Å². The predicted octanol–water partition coefficient (Wildman–Crippen LogP) is 3.03. The molecule has 0 bridgehead atoms. The maximum Gasteiger partial charge on any atom is 0.411 e. The van der Waals surface area contributed by atoms with Gasteiger partial charge in [-0.15, -0.1) is 0 Å². The van der Waals surface area contributed by atoms with Crippen molar-refractivity contribution in [1.82, 2.24) is 4.72 Å². The Morgan fingerprint density at radius 3 is 2.20 bits per heavy atom. The number of hydrogen-bond donors (Lipinski definition) is 2. The summed E-state index contributed by atoms with van der Waals surface area (Å²) in [5.74, 6) is -0.711. The molecule has 0 aliphatic heterocycles. The molecule has 4 nitrogen and oxygen atoms in total. The lowest BCUT2D eigenvalue weighted by atomic mass is 9.87. The molecule has 0 aliphatic carbocycles. The molecule has 1 aromatic rings. The molecule has 0 spiro atoms. The first-order chi connectivity index (χ1) is 11.3. The third kappa shape index (κ3) is 6.02. The van der Waals surface area contributed by atoms with Crippen LogP contribution in [0.5, 0.6) is 0 Å². The van der Waals surface area contributed by atoms with Crippen molar-refractivity contribution in [2.24, 2.45) is 0 Å². The average molecular weight is 385 g/mol. The van der Waals surface area contributed by atoms with E-state index in [9.17, 15) is 26.9 Å². The van der Waals surface area contributed by atoms with E-state index in [2.05, 4.69) is 4.72 Å². The molecule has 0 radical (unpaired) electrons. The number of aliphatic hydroxyl groups excluding tert-OH is 1. The first-order valence-corrected chi connectivity index (χ1v) is 8.70. The average Bonchev–Trinajstić information content (AvgIpc) is 2.45. The monoisotopic (exact) mass is 385 g/mol. The highest BCUT2D eigenvalue weighted by molar-refractivity contribution is 7.84. The molecule has 3 atom stereocenters. The fourth-order valence-corrected chi connectivity index (χ4v) is 3.05. The van der Waals surface area contributed by atoms with Gasteiger partial charge in [0.25, 0.3) is 0 Å². The van der Waals surface area contributed by atoms with E-state index in [-0.39, 0.29) is 5.56 Å². The lowest BCUT2D eigenvalue weighted by Crippen LogP contribution is -2.56. The van der Waals surface area contributed by atoms with Gasteiger partial charge in [-0.3, -0.25) is 0 Å². The molecule has 0 saturated heterocycles. The van der Waals surface area contributed by atoms with Crippen LogP contribution in [0.2, 0.25) is 0 Å². The minimum absolute atomic E-state index is 0.0474. The quantitative estimate of drug-likeness (QED) is 0.710. The van der Waals surface area contributed by atoms with Gasteiger partial charge in [0.2, 0.25) is 0 Å².